The van der Waals surface area contributed by atoms with E-state index in [1.165, 1.54) is 30.5 Å². The van der Waals surface area contributed by atoms with Crippen molar-refractivity contribution in [3.05, 3.63) is 51.6 Å². The van der Waals surface area contributed by atoms with Crippen LogP contribution in [-0.4, -0.2) is 23.9 Å². The summed E-state index contributed by atoms with van der Waals surface area (Å²) in [5.74, 6) is 0.120. The van der Waals surface area contributed by atoms with Gasteiger partial charge in [0.1, 0.15) is 11.2 Å². The number of aromatic nitrogens is 1. The summed E-state index contributed by atoms with van der Waals surface area (Å²) in [4.78, 5) is 4.12. The van der Waals surface area contributed by atoms with E-state index in [4.69, 9.17) is 10.00 Å². The minimum atomic E-state index is -4.66. The summed E-state index contributed by atoms with van der Waals surface area (Å²) >= 11 is 3.21. The monoisotopic (exact) mass is 425 g/mol. The summed E-state index contributed by atoms with van der Waals surface area (Å²) in [6.45, 7) is 2.75. The van der Waals surface area contributed by atoms with E-state index in [1.54, 1.807) is 13.8 Å². The first-order valence-electron chi connectivity index (χ1n) is 7.85. The van der Waals surface area contributed by atoms with Gasteiger partial charge in [-0.2, -0.15) is 18.4 Å². The number of hydrogen-bond donors (Lipinski definition) is 1. The molecule has 4 nitrogen and oxygen atoms in total. The van der Waals surface area contributed by atoms with Gasteiger partial charge < -0.3 is 10.1 Å². The largest absolute Gasteiger partial charge is 0.404 e. The van der Waals surface area contributed by atoms with Gasteiger partial charge in [-0.15, -0.1) is 0 Å². The fourth-order valence-electron chi connectivity index (χ4n) is 3.05. The number of nitriles is 1. The second-order valence-corrected chi connectivity index (χ2v) is 7.23. The Labute approximate surface area is 157 Å². The second kappa shape index (κ2) is 6.56. The Morgan fingerprint density at radius 1 is 1.31 bits per heavy atom. The Hall–Kier alpha value is -2.11. The quantitative estimate of drug-likeness (QED) is 0.747. The first kappa shape index (κ1) is 18.7. The molecule has 0 fully saturated rings. The molecule has 0 saturated carbocycles. The predicted molar refractivity (Wildman–Crippen MR) is 94.3 cm³/mol. The number of hydrogen-bond acceptors (Lipinski definition) is 4. The zero-order chi connectivity index (χ0) is 19.1. The summed E-state index contributed by atoms with van der Waals surface area (Å²) in [5, 5.41) is 12.1. The minimum absolute atomic E-state index is 0.0392. The molecular formula is C18H15BrF3N3O. The van der Waals surface area contributed by atoms with Gasteiger partial charge in [0, 0.05) is 21.9 Å². The summed E-state index contributed by atoms with van der Waals surface area (Å²) in [5.41, 5.74) is -2.11. The third kappa shape index (κ3) is 2.95. The average Bonchev–Trinajstić information content (AvgIpc) is 2.57. The molecule has 1 N–H and O–H groups in total. The first-order valence-corrected chi connectivity index (χ1v) is 8.64. The van der Waals surface area contributed by atoms with Crippen LogP contribution in [0.15, 0.2) is 34.9 Å². The molecule has 1 aromatic heterocycles. The molecule has 136 valence electrons. The Kier molecular flexibility index (Phi) is 4.71. The molecule has 1 aliphatic heterocycles. The van der Waals surface area contributed by atoms with Gasteiger partial charge in [0.2, 0.25) is 0 Å². The number of fused-ring (bicyclic) bond motifs is 2. The average molecular weight is 426 g/mol. The topological polar surface area (TPSA) is 57.9 Å². The molecule has 0 aliphatic carbocycles. The normalized spacial score (nSPS) is 18.7. The third-order valence-corrected chi connectivity index (χ3v) is 4.73. The van der Waals surface area contributed by atoms with Crippen LogP contribution < -0.4 is 5.32 Å². The summed E-state index contributed by atoms with van der Waals surface area (Å²) in [7, 11) is 0. The van der Waals surface area contributed by atoms with Crippen molar-refractivity contribution in [3.63, 3.8) is 0 Å². The number of nitrogens with one attached hydrogen (secondary N) is 1. The van der Waals surface area contributed by atoms with Gasteiger partial charge in [0.15, 0.2) is 0 Å². The predicted octanol–water partition coefficient (Wildman–Crippen LogP) is 5.05. The zero-order valence-corrected chi connectivity index (χ0v) is 15.6. The fraction of sp³-hybridized carbons (Fsp3) is 0.333. The van der Waals surface area contributed by atoms with E-state index < -0.39 is 24.3 Å². The maximum absolute atomic E-state index is 14.5. The van der Waals surface area contributed by atoms with Crippen molar-refractivity contribution in [2.24, 2.45) is 0 Å². The number of rotatable bonds is 3. The molecule has 0 radical (unpaired) electrons. The number of nitrogens with zero attached hydrogens (tertiary/aromatic N) is 2. The number of anilines is 2. The Morgan fingerprint density at radius 3 is 2.65 bits per heavy atom. The van der Waals surface area contributed by atoms with Gasteiger partial charge in [-0.05, 0) is 59.6 Å². The van der Waals surface area contributed by atoms with E-state index in [1.807, 2.05) is 6.07 Å². The van der Waals surface area contributed by atoms with Gasteiger partial charge in [0.25, 0.3) is 0 Å². The summed E-state index contributed by atoms with van der Waals surface area (Å²) in [6.07, 6.45) is -3.62. The molecule has 8 heteroatoms. The van der Waals surface area contributed by atoms with Crippen molar-refractivity contribution in [3.8, 4) is 6.07 Å². The number of ether oxygens (including phenoxy) is 1. The molecule has 0 saturated heterocycles. The lowest BCUT2D eigenvalue weighted by atomic mass is 9.71. The van der Waals surface area contributed by atoms with Crippen LogP contribution in [0.2, 0.25) is 0 Å². The molecule has 1 aliphatic rings. The summed E-state index contributed by atoms with van der Waals surface area (Å²) < 4.78 is 49.5. The lowest BCUT2D eigenvalue weighted by Crippen LogP contribution is -2.50. The number of benzene rings is 1. The van der Waals surface area contributed by atoms with Gasteiger partial charge in [-0.3, -0.25) is 0 Å². The fourth-order valence-corrected chi connectivity index (χ4v) is 3.38. The second-order valence-electron chi connectivity index (χ2n) is 6.31. The standard InChI is InChI=1S/C18H15BrF3N3O/c1-10(2)26-9-17(18(20,21)22)13-5-11(7-23)3-4-15(13)25-16-14(17)6-12(19)8-24-16/h3-6,8,10H,9H2,1-2H3,(H,24,25)/t17-/m1/s1. The highest BCUT2D eigenvalue weighted by Gasteiger charge is 2.61. The summed E-state index contributed by atoms with van der Waals surface area (Å²) in [6, 6.07) is 7.51. The van der Waals surface area contributed by atoms with Crippen LogP contribution in [0, 0.1) is 11.3 Å². The minimum Gasteiger partial charge on any atom is -0.377 e. The molecule has 3 rings (SSSR count). The molecule has 2 heterocycles. The maximum atomic E-state index is 14.5. The van der Waals surface area contributed by atoms with Crippen LogP contribution in [0.3, 0.4) is 0 Å². The zero-order valence-electron chi connectivity index (χ0n) is 14.0. The van der Waals surface area contributed by atoms with Gasteiger partial charge in [-0.25, -0.2) is 4.98 Å². The van der Waals surface area contributed by atoms with Crippen LogP contribution in [0.25, 0.3) is 0 Å². The van der Waals surface area contributed by atoms with Crippen molar-refractivity contribution >= 4 is 27.4 Å². The molecule has 0 spiro atoms. The Bertz CT molecular complexity index is 892. The lowest BCUT2D eigenvalue weighted by molar-refractivity contribution is -0.195. The van der Waals surface area contributed by atoms with Crippen LogP contribution in [-0.2, 0) is 10.2 Å². The van der Waals surface area contributed by atoms with Crippen LogP contribution in [0.4, 0.5) is 24.7 Å². The van der Waals surface area contributed by atoms with E-state index in [0.29, 0.717) is 4.47 Å². The smallest absolute Gasteiger partial charge is 0.377 e. The van der Waals surface area contributed by atoms with Crippen molar-refractivity contribution in [1.82, 2.24) is 4.98 Å². The number of pyridine rings is 1. The van der Waals surface area contributed by atoms with Crippen molar-refractivity contribution in [1.29, 1.82) is 5.26 Å². The van der Waals surface area contributed by atoms with E-state index in [-0.39, 0.29) is 28.2 Å². The Morgan fingerprint density at radius 2 is 2.04 bits per heavy atom. The first-order chi connectivity index (χ1) is 12.2. The molecule has 2 aromatic rings. The highest BCUT2D eigenvalue weighted by atomic mass is 79.9. The van der Waals surface area contributed by atoms with E-state index in [2.05, 4.69) is 26.2 Å². The number of alkyl halides is 3. The van der Waals surface area contributed by atoms with Crippen molar-refractivity contribution in [2.75, 3.05) is 11.9 Å². The SMILES string of the molecule is CC(C)OC[C@@]1(C(F)(F)F)c2cc(C#N)ccc2Nc2ncc(Br)cc21. The number of halogens is 4. The van der Waals surface area contributed by atoms with Gasteiger partial charge in [0.05, 0.1) is 24.3 Å². The van der Waals surface area contributed by atoms with Crippen LogP contribution in [0.5, 0.6) is 0 Å². The van der Waals surface area contributed by atoms with Crippen molar-refractivity contribution in [2.45, 2.75) is 31.5 Å². The maximum Gasteiger partial charge on any atom is 0.404 e. The highest BCUT2D eigenvalue weighted by molar-refractivity contribution is 9.10. The molecule has 0 bridgehead atoms. The molecule has 26 heavy (non-hydrogen) atoms. The van der Waals surface area contributed by atoms with Crippen LogP contribution in [0.1, 0.15) is 30.5 Å². The van der Waals surface area contributed by atoms with E-state index >= 15 is 0 Å². The molecule has 0 unspecified atom stereocenters. The molecular weight excluding hydrogens is 411 g/mol. The van der Waals surface area contributed by atoms with Gasteiger partial charge >= 0.3 is 6.18 Å². The molecule has 1 aromatic carbocycles. The van der Waals surface area contributed by atoms with Gasteiger partial charge in [-0.1, -0.05) is 0 Å². The van der Waals surface area contributed by atoms with E-state index in [9.17, 15) is 13.2 Å². The Balaban J connectivity index is 2.36. The van der Waals surface area contributed by atoms with Crippen LogP contribution >= 0.6 is 15.9 Å². The lowest BCUT2D eigenvalue weighted by Gasteiger charge is -2.42. The molecule has 1 atom stereocenters. The van der Waals surface area contributed by atoms with E-state index in [0.717, 1.165) is 0 Å². The third-order valence-electron chi connectivity index (χ3n) is 4.29. The molecule has 0 amide bonds. The van der Waals surface area contributed by atoms with Crippen molar-refractivity contribution < 1.29 is 17.9 Å². The highest BCUT2D eigenvalue weighted by Crippen LogP contribution is 2.54.